The van der Waals surface area contributed by atoms with Crippen molar-refractivity contribution >= 4 is 5.91 Å². The van der Waals surface area contributed by atoms with Gasteiger partial charge in [-0.25, -0.2) is 0 Å². The lowest BCUT2D eigenvalue weighted by atomic mass is 10.2. The van der Waals surface area contributed by atoms with E-state index < -0.39 is 0 Å². The molecule has 1 saturated heterocycles. The number of amides is 1. The van der Waals surface area contributed by atoms with E-state index >= 15 is 0 Å². The van der Waals surface area contributed by atoms with Crippen molar-refractivity contribution in [2.24, 2.45) is 0 Å². The number of pyridine rings is 1. The van der Waals surface area contributed by atoms with Gasteiger partial charge < -0.3 is 14.6 Å². The average molecular weight is 293 g/mol. The van der Waals surface area contributed by atoms with Crippen LogP contribution >= 0.6 is 0 Å². The molecule has 1 aromatic rings. The van der Waals surface area contributed by atoms with Crippen molar-refractivity contribution in [2.75, 3.05) is 20.2 Å². The first-order valence-corrected chi connectivity index (χ1v) is 7.23. The molecule has 2 atom stereocenters. The van der Waals surface area contributed by atoms with Gasteiger partial charge in [-0.15, -0.1) is 0 Å². The molecule has 1 aliphatic heterocycles. The maximum atomic E-state index is 12.1. The lowest BCUT2D eigenvalue weighted by Gasteiger charge is -2.20. The van der Waals surface area contributed by atoms with E-state index in [-0.39, 0.29) is 30.2 Å². The zero-order valence-electron chi connectivity index (χ0n) is 12.8. The fourth-order valence-corrected chi connectivity index (χ4v) is 2.60. The van der Waals surface area contributed by atoms with Crippen LogP contribution in [0.3, 0.4) is 0 Å². The van der Waals surface area contributed by atoms with Crippen molar-refractivity contribution in [1.82, 2.24) is 14.8 Å². The summed E-state index contributed by atoms with van der Waals surface area (Å²) < 4.78 is 6.85. The second-order valence-corrected chi connectivity index (χ2v) is 5.66. The Morgan fingerprint density at radius 3 is 2.81 bits per heavy atom. The Kier molecular flexibility index (Phi) is 5.14. The number of nitrogens with one attached hydrogen (secondary N) is 1. The molecule has 0 radical (unpaired) electrons. The maximum Gasteiger partial charge on any atom is 0.250 e. The molecule has 0 aliphatic carbocycles. The van der Waals surface area contributed by atoms with Crippen LogP contribution in [-0.4, -0.2) is 53.8 Å². The zero-order chi connectivity index (χ0) is 15.4. The molecule has 0 bridgehead atoms. The third kappa shape index (κ3) is 3.92. The minimum absolute atomic E-state index is 0.0103. The number of carbonyl (C=O) groups excluding carboxylic acids is 1. The summed E-state index contributed by atoms with van der Waals surface area (Å²) in [4.78, 5) is 26.0. The van der Waals surface area contributed by atoms with Crippen molar-refractivity contribution < 1.29 is 9.53 Å². The highest BCUT2D eigenvalue weighted by Crippen LogP contribution is 2.15. The number of likely N-dealkylation sites (tertiary alicyclic amines) is 1. The van der Waals surface area contributed by atoms with Crippen LogP contribution in [0.2, 0.25) is 0 Å². The maximum absolute atomic E-state index is 12.1. The van der Waals surface area contributed by atoms with E-state index in [9.17, 15) is 9.59 Å². The van der Waals surface area contributed by atoms with E-state index in [0.717, 1.165) is 13.1 Å². The highest BCUT2D eigenvalue weighted by Gasteiger charge is 2.34. The molecule has 1 aliphatic rings. The lowest BCUT2D eigenvalue weighted by molar-refractivity contribution is -0.123. The van der Waals surface area contributed by atoms with Crippen LogP contribution in [0.15, 0.2) is 29.2 Å². The van der Waals surface area contributed by atoms with E-state index in [1.54, 1.807) is 25.4 Å². The monoisotopic (exact) mass is 293 g/mol. The SMILES string of the molecule is CO[C@H]1CN(C(C)C)C[C@@H]1NC(=O)Cn1ccccc1=O. The molecule has 1 amide bonds. The highest BCUT2D eigenvalue weighted by atomic mass is 16.5. The van der Waals surface area contributed by atoms with E-state index in [1.165, 1.54) is 10.6 Å². The van der Waals surface area contributed by atoms with Crippen LogP contribution in [0.25, 0.3) is 0 Å². The third-order valence-corrected chi connectivity index (χ3v) is 3.89. The molecular formula is C15H23N3O3. The first-order valence-electron chi connectivity index (χ1n) is 7.23. The van der Waals surface area contributed by atoms with Gasteiger partial charge in [0.25, 0.3) is 5.56 Å². The van der Waals surface area contributed by atoms with Crippen LogP contribution in [-0.2, 0) is 16.1 Å². The summed E-state index contributed by atoms with van der Waals surface area (Å²) in [5.41, 5.74) is -0.175. The largest absolute Gasteiger partial charge is 0.378 e. The molecule has 0 spiro atoms. The summed E-state index contributed by atoms with van der Waals surface area (Å²) in [7, 11) is 1.66. The number of ether oxygens (including phenoxy) is 1. The second kappa shape index (κ2) is 6.87. The number of methoxy groups -OCH3 is 1. The van der Waals surface area contributed by atoms with Gasteiger partial charge in [0.15, 0.2) is 0 Å². The molecule has 1 fully saturated rings. The van der Waals surface area contributed by atoms with Gasteiger partial charge in [0.1, 0.15) is 6.54 Å². The number of hydrogen-bond donors (Lipinski definition) is 1. The summed E-state index contributed by atoms with van der Waals surface area (Å²) in [5.74, 6) is -0.166. The molecule has 21 heavy (non-hydrogen) atoms. The zero-order valence-corrected chi connectivity index (χ0v) is 12.8. The molecule has 2 rings (SSSR count). The van der Waals surface area contributed by atoms with Gasteiger partial charge in [-0.2, -0.15) is 0 Å². The Morgan fingerprint density at radius 2 is 2.19 bits per heavy atom. The van der Waals surface area contributed by atoms with Gasteiger partial charge >= 0.3 is 0 Å². The fraction of sp³-hybridized carbons (Fsp3) is 0.600. The summed E-state index contributed by atoms with van der Waals surface area (Å²) in [6, 6.07) is 5.23. The summed E-state index contributed by atoms with van der Waals surface area (Å²) in [6.45, 7) is 5.87. The van der Waals surface area contributed by atoms with Crippen molar-refractivity contribution in [3.8, 4) is 0 Å². The molecule has 0 saturated carbocycles. The Bertz CT molecular complexity index is 541. The molecular weight excluding hydrogens is 270 g/mol. The van der Waals surface area contributed by atoms with Crippen molar-refractivity contribution in [3.05, 3.63) is 34.7 Å². The molecule has 1 aromatic heterocycles. The number of carbonyl (C=O) groups is 1. The Morgan fingerprint density at radius 1 is 1.43 bits per heavy atom. The van der Waals surface area contributed by atoms with Crippen molar-refractivity contribution in [1.29, 1.82) is 0 Å². The first kappa shape index (κ1) is 15.7. The van der Waals surface area contributed by atoms with Gasteiger partial charge in [0, 0.05) is 38.5 Å². The minimum Gasteiger partial charge on any atom is -0.378 e. The molecule has 6 heteroatoms. The summed E-state index contributed by atoms with van der Waals surface area (Å²) in [5, 5.41) is 2.98. The Balaban J connectivity index is 1.96. The molecule has 1 N–H and O–H groups in total. The topological polar surface area (TPSA) is 63.6 Å². The number of hydrogen-bond acceptors (Lipinski definition) is 4. The van der Waals surface area contributed by atoms with Gasteiger partial charge in [-0.05, 0) is 19.9 Å². The van der Waals surface area contributed by atoms with E-state index in [0.29, 0.717) is 6.04 Å². The lowest BCUT2D eigenvalue weighted by Crippen LogP contribution is -2.45. The molecule has 116 valence electrons. The minimum atomic E-state index is -0.175. The quantitative estimate of drug-likeness (QED) is 0.834. The van der Waals surface area contributed by atoms with Crippen LogP contribution in [0.4, 0.5) is 0 Å². The Labute approximate surface area is 124 Å². The molecule has 2 heterocycles. The van der Waals surface area contributed by atoms with Crippen LogP contribution in [0.1, 0.15) is 13.8 Å². The smallest absolute Gasteiger partial charge is 0.250 e. The fourth-order valence-electron chi connectivity index (χ4n) is 2.60. The second-order valence-electron chi connectivity index (χ2n) is 5.66. The highest BCUT2D eigenvalue weighted by molar-refractivity contribution is 5.76. The number of nitrogens with zero attached hydrogens (tertiary/aromatic N) is 2. The third-order valence-electron chi connectivity index (χ3n) is 3.89. The van der Waals surface area contributed by atoms with Crippen molar-refractivity contribution in [3.63, 3.8) is 0 Å². The van der Waals surface area contributed by atoms with E-state index in [1.807, 2.05) is 0 Å². The van der Waals surface area contributed by atoms with E-state index in [4.69, 9.17) is 4.74 Å². The van der Waals surface area contributed by atoms with Crippen LogP contribution in [0, 0.1) is 0 Å². The summed E-state index contributed by atoms with van der Waals surface area (Å²) in [6.07, 6.45) is 1.61. The number of rotatable bonds is 5. The Hall–Kier alpha value is -1.66. The first-order chi connectivity index (χ1) is 10.0. The normalized spacial score (nSPS) is 22.7. The van der Waals surface area contributed by atoms with Crippen molar-refractivity contribution in [2.45, 2.75) is 38.6 Å². The number of aromatic nitrogens is 1. The van der Waals surface area contributed by atoms with E-state index in [2.05, 4.69) is 24.1 Å². The predicted molar refractivity (Wildman–Crippen MR) is 80.1 cm³/mol. The molecule has 0 aromatic carbocycles. The van der Waals surface area contributed by atoms with Gasteiger partial charge in [0.2, 0.25) is 5.91 Å². The summed E-state index contributed by atoms with van der Waals surface area (Å²) >= 11 is 0. The molecule has 6 nitrogen and oxygen atoms in total. The van der Waals surface area contributed by atoms with Crippen LogP contribution in [0.5, 0.6) is 0 Å². The standard InChI is InChI=1S/C15H23N3O3/c1-11(2)18-8-12(13(9-18)21-3)16-14(19)10-17-7-5-4-6-15(17)20/h4-7,11-13H,8-10H2,1-3H3,(H,16,19)/t12-,13-/m0/s1. The average Bonchev–Trinajstić information content (AvgIpc) is 2.84. The molecule has 0 unspecified atom stereocenters. The van der Waals surface area contributed by atoms with Gasteiger partial charge in [-0.3, -0.25) is 14.5 Å². The van der Waals surface area contributed by atoms with Crippen LogP contribution < -0.4 is 10.9 Å². The predicted octanol–water partition coefficient (Wildman–Crippen LogP) is 0.0721. The van der Waals surface area contributed by atoms with Gasteiger partial charge in [0.05, 0.1) is 12.1 Å². The van der Waals surface area contributed by atoms with Gasteiger partial charge in [-0.1, -0.05) is 6.07 Å².